The number of rotatable bonds is 2. The summed E-state index contributed by atoms with van der Waals surface area (Å²) in [6, 6.07) is 0.633. The van der Waals surface area contributed by atoms with Gasteiger partial charge in [-0.3, -0.25) is 0 Å². The van der Waals surface area contributed by atoms with E-state index in [1.54, 1.807) is 0 Å². The maximum Gasteiger partial charge on any atom is 0.315 e. The third-order valence-electron chi connectivity index (χ3n) is 3.47. The monoisotopic (exact) mass is 212 g/mol. The molecule has 0 spiro atoms. The van der Waals surface area contributed by atoms with Crippen LogP contribution in [-0.4, -0.2) is 29.3 Å². The van der Waals surface area contributed by atoms with Crippen molar-refractivity contribution in [3.05, 3.63) is 0 Å². The Kier molecular flexibility index (Phi) is 3.46. The average molecular weight is 212 g/mol. The number of amides is 2. The Balaban J connectivity index is 1.64. The quantitative estimate of drug-likeness (QED) is 0.643. The Hall–Kier alpha value is -0.770. The molecule has 2 aliphatic carbocycles. The highest BCUT2D eigenvalue weighted by Crippen LogP contribution is 2.19. The van der Waals surface area contributed by atoms with E-state index in [1.807, 2.05) is 0 Å². The van der Waals surface area contributed by atoms with Crippen molar-refractivity contribution in [2.75, 3.05) is 0 Å². The molecule has 0 aromatic rings. The molecule has 0 heterocycles. The largest absolute Gasteiger partial charge is 0.393 e. The van der Waals surface area contributed by atoms with Crippen molar-refractivity contribution in [1.82, 2.24) is 10.6 Å². The van der Waals surface area contributed by atoms with Gasteiger partial charge in [-0.05, 0) is 44.9 Å². The van der Waals surface area contributed by atoms with E-state index < -0.39 is 0 Å². The molecule has 0 atom stereocenters. The second-order valence-corrected chi connectivity index (χ2v) is 4.75. The van der Waals surface area contributed by atoms with Crippen LogP contribution >= 0.6 is 0 Å². The third kappa shape index (κ3) is 3.09. The van der Waals surface area contributed by atoms with Gasteiger partial charge in [-0.2, -0.15) is 0 Å². The molecule has 15 heavy (non-hydrogen) atoms. The van der Waals surface area contributed by atoms with Crippen LogP contribution in [0, 0.1) is 0 Å². The number of carbonyl (C=O) groups is 1. The molecule has 0 unspecified atom stereocenters. The first-order valence-corrected chi connectivity index (χ1v) is 5.99. The highest BCUT2D eigenvalue weighted by atomic mass is 16.3. The van der Waals surface area contributed by atoms with Crippen molar-refractivity contribution in [3.63, 3.8) is 0 Å². The van der Waals surface area contributed by atoms with Crippen LogP contribution in [0.15, 0.2) is 0 Å². The minimum atomic E-state index is -0.155. The van der Waals surface area contributed by atoms with Gasteiger partial charge in [-0.1, -0.05) is 0 Å². The molecular weight excluding hydrogens is 192 g/mol. The first-order valence-electron chi connectivity index (χ1n) is 5.99. The lowest BCUT2D eigenvalue weighted by molar-refractivity contribution is 0.117. The van der Waals surface area contributed by atoms with Crippen LogP contribution in [0.2, 0.25) is 0 Å². The number of hydrogen-bond donors (Lipinski definition) is 3. The summed E-state index contributed by atoms with van der Waals surface area (Å²) in [5.41, 5.74) is 0. The maximum absolute atomic E-state index is 11.5. The zero-order valence-corrected chi connectivity index (χ0v) is 9.04. The Labute approximate surface area is 90.4 Å². The van der Waals surface area contributed by atoms with Gasteiger partial charge in [-0.25, -0.2) is 4.79 Å². The van der Waals surface area contributed by atoms with Crippen molar-refractivity contribution < 1.29 is 9.90 Å². The SMILES string of the molecule is O=C(NC1CCC1)NC1CCC(O)CC1. The summed E-state index contributed by atoms with van der Waals surface area (Å²) in [4.78, 5) is 11.5. The summed E-state index contributed by atoms with van der Waals surface area (Å²) in [6.45, 7) is 0. The van der Waals surface area contributed by atoms with E-state index in [2.05, 4.69) is 10.6 Å². The average Bonchev–Trinajstić information content (AvgIpc) is 2.16. The van der Waals surface area contributed by atoms with Crippen molar-refractivity contribution in [1.29, 1.82) is 0 Å². The van der Waals surface area contributed by atoms with E-state index in [9.17, 15) is 9.90 Å². The molecule has 2 saturated carbocycles. The second kappa shape index (κ2) is 4.84. The molecule has 0 aromatic heterocycles. The Bertz CT molecular complexity index is 221. The van der Waals surface area contributed by atoms with Crippen molar-refractivity contribution in [2.45, 2.75) is 63.1 Å². The predicted octanol–water partition coefficient (Wildman–Crippen LogP) is 1.14. The molecule has 0 saturated heterocycles. The van der Waals surface area contributed by atoms with Gasteiger partial charge in [0.1, 0.15) is 0 Å². The summed E-state index contributed by atoms with van der Waals surface area (Å²) >= 11 is 0. The molecule has 2 amide bonds. The van der Waals surface area contributed by atoms with E-state index in [4.69, 9.17) is 0 Å². The predicted molar refractivity (Wildman–Crippen MR) is 57.6 cm³/mol. The standard InChI is InChI=1S/C11H20N2O2/c14-10-6-4-9(5-7-10)13-11(15)12-8-2-1-3-8/h8-10,14H,1-7H2,(H2,12,13,15). The van der Waals surface area contributed by atoms with Crippen molar-refractivity contribution >= 4 is 6.03 Å². The lowest BCUT2D eigenvalue weighted by Gasteiger charge is -2.30. The molecule has 0 aliphatic heterocycles. The van der Waals surface area contributed by atoms with Gasteiger partial charge in [-0.15, -0.1) is 0 Å². The molecule has 2 rings (SSSR count). The van der Waals surface area contributed by atoms with Crippen LogP contribution in [0.1, 0.15) is 44.9 Å². The number of urea groups is 1. The molecular formula is C11H20N2O2. The van der Waals surface area contributed by atoms with Gasteiger partial charge >= 0.3 is 6.03 Å². The topological polar surface area (TPSA) is 61.4 Å². The van der Waals surface area contributed by atoms with Crippen molar-refractivity contribution in [3.8, 4) is 0 Å². The van der Waals surface area contributed by atoms with Crippen molar-refractivity contribution in [2.24, 2.45) is 0 Å². The molecule has 86 valence electrons. The van der Waals surface area contributed by atoms with Gasteiger partial charge in [0.05, 0.1) is 6.10 Å². The van der Waals surface area contributed by atoms with Crippen LogP contribution in [0.25, 0.3) is 0 Å². The summed E-state index contributed by atoms with van der Waals surface area (Å²) in [5.74, 6) is 0. The van der Waals surface area contributed by atoms with E-state index >= 15 is 0 Å². The first-order chi connectivity index (χ1) is 7.24. The lowest BCUT2D eigenvalue weighted by atomic mass is 9.92. The smallest absolute Gasteiger partial charge is 0.315 e. The summed E-state index contributed by atoms with van der Waals surface area (Å²) in [6.07, 6.45) is 6.76. The normalized spacial score (nSPS) is 31.8. The molecule has 4 heteroatoms. The van der Waals surface area contributed by atoms with Crippen LogP contribution in [0.3, 0.4) is 0 Å². The summed E-state index contributed by atoms with van der Waals surface area (Å²) in [5, 5.41) is 15.3. The van der Waals surface area contributed by atoms with E-state index in [1.165, 1.54) is 6.42 Å². The first kappa shape index (κ1) is 10.7. The molecule has 0 radical (unpaired) electrons. The third-order valence-corrected chi connectivity index (χ3v) is 3.47. The summed E-state index contributed by atoms with van der Waals surface area (Å²) < 4.78 is 0. The fraction of sp³-hybridized carbons (Fsp3) is 0.909. The Morgan fingerprint density at radius 1 is 0.933 bits per heavy atom. The number of carbonyl (C=O) groups excluding carboxylic acids is 1. The molecule has 0 bridgehead atoms. The Morgan fingerprint density at radius 3 is 1.93 bits per heavy atom. The second-order valence-electron chi connectivity index (χ2n) is 4.75. The summed E-state index contributed by atoms with van der Waals surface area (Å²) in [7, 11) is 0. The molecule has 0 aromatic carbocycles. The number of hydrogen-bond acceptors (Lipinski definition) is 2. The Morgan fingerprint density at radius 2 is 1.47 bits per heavy atom. The van der Waals surface area contributed by atoms with Gasteiger partial charge in [0, 0.05) is 12.1 Å². The van der Waals surface area contributed by atoms with Crippen LogP contribution in [-0.2, 0) is 0 Å². The van der Waals surface area contributed by atoms with Crippen LogP contribution in [0.5, 0.6) is 0 Å². The number of nitrogens with one attached hydrogen (secondary N) is 2. The number of aliphatic hydroxyl groups is 1. The fourth-order valence-corrected chi connectivity index (χ4v) is 2.19. The maximum atomic E-state index is 11.5. The van der Waals surface area contributed by atoms with E-state index in [0.29, 0.717) is 6.04 Å². The van der Waals surface area contributed by atoms with Gasteiger partial charge in [0.25, 0.3) is 0 Å². The highest BCUT2D eigenvalue weighted by molar-refractivity contribution is 5.74. The van der Waals surface area contributed by atoms with Crippen LogP contribution < -0.4 is 10.6 Å². The molecule has 4 nitrogen and oxygen atoms in total. The van der Waals surface area contributed by atoms with Crippen LogP contribution in [0.4, 0.5) is 4.79 Å². The van der Waals surface area contributed by atoms with Gasteiger partial charge in [0.2, 0.25) is 0 Å². The zero-order valence-electron chi connectivity index (χ0n) is 9.04. The zero-order chi connectivity index (χ0) is 10.7. The minimum Gasteiger partial charge on any atom is -0.393 e. The molecule has 2 aliphatic rings. The molecule has 3 N–H and O–H groups in total. The fourth-order valence-electron chi connectivity index (χ4n) is 2.19. The van der Waals surface area contributed by atoms with Gasteiger partial charge < -0.3 is 15.7 Å². The van der Waals surface area contributed by atoms with E-state index in [0.717, 1.165) is 38.5 Å². The van der Waals surface area contributed by atoms with E-state index in [-0.39, 0.29) is 18.2 Å². The van der Waals surface area contributed by atoms with Gasteiger partial charge in [0.15, 0.2) is 0 Å². The minimum absolute atomic E-state index is 0.0268. The highest BCUT2D eigenvalue weighted by Gasteiger charge is 2.23. The number of aliphatic hydroxyl groups excluding tert-OH is 1. The lowest BCUT2D eigenvalue weighted by Crippen LogP contribution is -2.49. The molecule has 2 fully saturated rings.